The van der Waals surface area contributed by atoms with Crippen LogP contribution in [0.5, 0.6) is 0 Å². The maximum Gasteiger partial charge on any atom is 0.244 e. The Hall–Kier alpha value is -0.610. The summed E-state index contributed by atoms with van der Waals surface area (Å²) < 4.78 is 0. The van der Waals surface area contributed by atoms with Crippen molar-refractivity contribution in [1.82, 2.24) is 15.1 Å². The molecule has 2 saturated heterocycles. The van der Waals surface area contributed by atoms with Crippen molar-refractivity contribution in [3.8, 4) is 0 Å². The Bertz CT molecular complexity index is 393. The molecule has 4 fully saturated rings. The molecular weight excluding hydrogens is 250 g/mol. The first kappa shape index (κ1) is 13.1. The lowest BCUT2D eigenvalue weighted by Crippen LogP contribution is -2.51. The number of amides is 1. The molecular formula is C16H27N3O. The number of nitrogens with zero attached hydrogens (tertiary/aromatic N) is 2. The number of nitrogens with one attached hydrogen (secondary N) is 1. The number of likely N-dealkylation sites (tertiary alicyclic amines) is 1. The average molecular weight is 277 g/mol. The average Bonchev–Trinajstić information content (AvgIpc) is 2.92. The maximum absolute atomic E-state index is 12.9. The minimum absolute atomic E-state index is 0.128. The zero-order chi connectivity index (χ0) is 13.7. The smallest absolute Gasteiger partial charge is 0.244 e. The van der Waals surface area contributed by atoms with E-state index in [2.05, 4.69) is 22.2 Å². The number of hydrogen-bond donors (Lipinski definition) is 1. The summed E-state index contributed by atoms with van der Waals surface area (Å²) >= 11 is 0. The Morgan fingerprint density at radius 2 is 1.75 bits per heavy atom. The summed E-state index contributed by atoms with van der Waals surface area (Å²) in [5.41, 5.74) is -0.128. The Morgan fingerprint density at radius 3 is 2.35 bits per heavy atom. The molecule has 0 bridgehead atoms. The first-order valence-electron chi connectivity index (χ1n) is 8.49. The second-order valence-electron chi connectivity index (χ2n) is 7.46. The van der Waals surface area contributed by atoms with E-state index >= 15 is 0 Å². The quantitative estimate of drug-likeness (QED) is 0.832. The van der Waals surface area contributed by atoms with Crippen LogP contribution >= 0.6 is 0 Å². The van der Waals surface area contributed by atoms with Crippen LogP contribution in [0.4, 0.5) is 0 Å². The summed E-state index contributed by atoms with van der Waals surface area (Å²) in [4.78, 5) is 17.6. The van der Waals surface area contributed by atoms with Gasteiger partial charge in [0.05, 0.1) is 11.7 Å². The van der Waals surface area contributed by atoms with Crippen LogP contribution in [0.2, 0.25) is 0 Å². The molecule has 4 aliphatic rings. The van der Waals surface area contributed by atoms with E-state index in [9.17, 15) is 4.79 Å². The van der Waals surface area contributed by atoms with Crippen molar-refractivity contribution in [3.63, 3.8) is 0 Å². The molecule has 4 nitrogen and oxygen atoms in total. The SMILES string of the molecule is CN1CCC(N2C(=O)C3(CC3)NC2C2CCCC2)CC1. The number of rotatable bonds is 2. The van der Waals surface area contributed by atoms with Crippen LogP contribution < -0.4 is 5.32 Å². The van der Waals surface area contributed by atoms with Crippen LogP contribution in [0.15, 0.2) is 0 Å². The molecule has 0 aromatic carbocycles. The van der Waals surface area contributed by atoms with E-state index in [-0.39, 0.29) is 5.54 Å². The van der Waals surface area contributed by atoms with E-state index in [0.29, 0.717) is 24.0 Å². The Kier molecular flexibility index (Phi) is 3.08. The van der Waals surface area contributed by atoms with Crippen LogP contribution in [0.1, 0.15) is 51.4 Å². The topological polar surface area (TPSA) is 35.6 Å². The fraction of sp³-hybridized carbons (Fsp3) is 0.938. The van der Waals surface area contributed by atoms with Crippen LogP contribution in [0.3, 0.4) is 0 Å². The Balaban J connectivity index is 1.55. The molecule has 0 aromatic rings. The zero-order valence-electron chi connectivity index (χ0n) is 12.6. The molecule has 1 N–H and O–H groups in total. The molecule has 2 aliphatic heterocycles. The first-order chi connectivity index (χ1) is 9.70. The van der Waals surface area contributed by atoms with E-state index in [1.807, 2.05) is 0 Å². The van der Waals surface area contributed by atoms with Gasteiger partial charge in [0.25, 0.3) is 0 Å². The number of carbonyl (C=O) groups is 1. The molecule has 2 heterocycles. The highest BCUT2D eigenvalue weighted by Crippen LogP contribution is 2.46. The second kappa shape index (κ2) is 4.70. The van der Waals surface area contributed by atoms with Crippen LogP contribution in [-0.4, -0.2) is 53.6 Å². The van der Waals surface area contributed by atoms with Gasteiger partial charge in [-0.25, -0.2) is 0 Å². The summed E-state index contributed by atoms with van der Waals surface area (Å²) in [7, 11) is 2.19. The third-order valence-corrected chi connectivity index (χ3v) is 6.05. The molecule has 0 radical (unpaired) electrons. The van der Waals surface area contributed by atoms with E-state index < -0.39 is 0 Å². The number of piperidine rings is 1. The largest absolute Gasteiger partial charge is 0.322 e. The van der Waals surface area contributed by atoms with Crippen molar-refractivity contribution in [2.24, 2.45) is 5.92 Å². The van der Waals surface area contributed by atoms with E-state index in [1.54, 1.807) is 0 Å². The standard InChI is InChI=1S/C16H27N3O/c1-18-10-6-13(7-11-18)19-14(12-4-2-3-5-12)17-16(8-9-16)15(19)20/h12-14,17H,2-11H2,1H3. The highest BCUT2D eigenvalue weighted by molar-refractivity contribution is 5.92. The molecule has 4 heteroatoms. The molecule has 1 unspecified atom stereocenters. The van der Waals surface area contributed by atoms with Crippen LogP contribution in [0, 0.1) is 5.92 Å². The summed E-state index contributed by atoms with van der Waals surface area (Å²) in [5, 5.41) is 3.75. The first-order valence-corrected chi connectivity index (χ1v) is 8.49. The molecule has 4 rings (SSSR count). The Labute approximate surface area is 121 Å². The molecule has 2 aliphatic carbocycles. The highest BCUT2D eigenvalue weighted by Gasteiger charge is 2.61. The van der Waals surface area contributed by atoms with E-state index in [0.717, 1.165) is 38.8 Å². The normalized spacial score (nSPS) is 35.4. The van der Waals surface area contributed by atoms with Gasteiger partial charge in [-0.15, -0.1) is 0 Å². The second-order valence-corrected chi connectivity index (χ2v) is 7.46. The van der Waals surface area contributed by atoms with Gasteiger partial charge in [0.2, 0.25) is 5.91 Å². The van der Waals surface area contributed by atoms with Crippen molar-refractivity contribution in [3.05, 3.63) is 0 Å². The summed E-state index contributed by atoms with van der Waals surface area (Å²) in [6.07, 6.45) is 10.1. The van der Waals surface area contributed by atoms with Gasteiger partial charge in [-0.3, -0.25) is 10.1 Å². The highest BCUT2D eigenvalue weighted by atomic mass is 16.2. The van der Waals surface area contributed by atoms with E-state index in [1.165, 1.54) is 25.7 Å². The molecule has 2 saturated carbocycles. The van der Waals surface area contributed by atoms with Gasteiger partial charge < -0.3 is 9.80 Å². The molecule has 20 heavy (non-hydrogen) atoms. The molecule has 1 spiro atoms. The minimum Gasteiger partial charge on any atom is -0.322 e. The third kappa shape index (κ3) is 2.00. The predicted molar refractivity (Wildman–Crippen MR) is 78.2 cm³/mol. The van der Waals surface area contributed by atoms with Crippen molar-refractivity contribution in [2.45, 2.75) is 69.1 Å². The van der Waals surface area contributed by atoms with Gasteiger partial charge in [0, 0.05) is 6.04 Å². The van der Waals surface area contributed by atoms with Gasteiger partial charge in [-0.2, -0.15) is 0 Å². The van der Waals surface area contributed by atoms with Crippen molar-refractivity contribution in [1.29, 1.82) is 0 Å². The van der Waals surface area contributed by atoms with E-state index in [4.69, 9.17) is 0 Å². The fourth-order valence-electron chi connectivity index (χ4n) is 4.56. The van der Waals surface area contributed by atoms with Gasteiger partial charge in [-0.1, -0.05) is 12.8 Å². The lowest BCUT2D eigenvalue weighted by Gasteiger charge is -2.39. The summed E-state index contributed by atoms with van der Waals surface area (Å²) in [6, 6.07) is 0.483. The van der Waals surface area contributed by atoms with Gasteiger partial charge in [-0.05, 0) is 64.6 Å². The number of hydrogen-bond acceptors (Lipinski definition) is 3. The minimum atomic E-state index is -0.128. The fourth-order valence-corrected chi connectivity index (χ4v) is 4.56. The predicted octanol–water partition coefficient (Wildman–Crippen LogP) is 1.56. The number of carbonyl (C=O) groups excluding carboxylic acids is 1. The van der Waals surface area contributed by atoms with Crippen molar-refractivity contribution >= 4 is 5.91 Å². The molecule has 1 atom stereocenters. The van der Waals surface area contributed by atoms with Gasteiger partial charge in [0.15, 0.2) is 0 Å². The van der Waals surface area contributed by atoms with Gasteiger partial charge in [0.1, 0.15) is 0 Å². The van der Waals surface area contributed by atoms with Crippen LogP contribution in [-0.2, 0) is 4.79 Å². The lowest BCUT2D eigenvalue weighted by atomic mass is 9.98. The molecule has 112 valence electrons. The van der Waals surface area contributed by atoms with Crippen LogP contribution in [0.25, 0.3) is 0 Å². The van der Waals surface area contributed by atoms with Crippen molar-refractivity contribution < 1.29 is 4.79 Å². The summed E-state index contributed by atoms with van der Waals surface area (Å²) in [6.45, 7) is 2.28. The zero-order valence-corrected chi connectivity index (χ0v) is 12.6. The molecule has 1 amide bonds. The maximum atomic E-state index is 12.9. The monoisotopic (exact) mass is 277 g/mol. The third-order valence-electron chi connectivity index (χ3n) is 6.05. The Morgan fingerprint density at radius 1 is 1.10 bits per heavy atom. The molecule has 0 aromatic heterocycles. The van der Waals surface area contributed by atoms with Gasteiger partial charge >= 0.3 is 0 Å². The lowest BCUT2D eigenvalue weighted by molar-refractivity contribution is -0.134. The summed E-state index contributed by atoms with van der Waals surface area (Å²) in [5.74, 6) is 1.14. The van der Waals surface area contributed by atoms with Crippen molar-refractivity contribution in [2.75, 3.05) is 20.1 Å².